The predicted molar refractivity (Wildman–Crippen MR) is 84.4 cm³/mol. The maximum atomic E-state index is 11.5. The number of carbonyl (C=O) groups is 1. The normalized spacial score (nSPS) is 17.4. The topological polar surface area (TPSA) is 50.4 Å². The number of alkyl carbamates (subject to hydrolysis) is 1. The Hall–Kier alpha value is -1.55. The second-order valence-electron chi connectivity index (χ2n) is 6.53. The first kappa shape index (κ1) is 15.8. The van der Waals surface area contributed by atoms with Crippen LogP contribution >= 0.6 is 0 Å². The summed E-state index contributed by atoms with van der Waals surface area (Å²) in [6.07, 6.45) is 2.88. The van der Waals surface area contributed by atoms with Gasteiger partial charge in [0, 0.05) is 12.6 Å². The van der Waals surface area contributed by atoms with E-state index in [2.05, 4.69) is 34.9 Å². The average Bonchev–Trinajstić information content (AvgIpc) is 2.80. The van der Waals surface area contributed by atoms with Crippen molar-refractivity contribution in [2.75, 3.05) is 13.1 Å². The minimum atomic E-state index is -0.435. The Morgan fingerprint density at radius 1 is 1.29 bits per heavy atom. The average molecular weight is 290 g/mol. The fourth-order valence-corrected chi connectivity index (χ4v) is 2.64. The van der Waals surface area contributed by atoms with Gasteiger partial charge in [-0.05, 0) is 57.7 Å². The lowest BCUT2D eigenvalue weighted by Gasteiger charge is -2.20. The third kappa shape index (κ3) is 5.05. The number of aryl methyl sites for hydroxylation is 1. The van der Waals surface area contributed by atoms with Gasteiger partial charge < -0.3 is 15.4 Å². The number of fused-ring (bicyclic) bond motifs is 1. The molecule has 0 saturated heterocycles. The Balaban J connectivity index is 1.62. The van der Waals surface area contributed by atoms with E-state index in [0.717, 1.165) is 19.4 Å². The Labute approximate surface area is 127 Å². The summed E-state index contributed by atoms with van der Waals surface area (Å²) in [6, 6.07) is 9.08. The molecule has 1 unspecified atom stereocenters. The molecule has 2 N–H and O–H groups in total. The van der Waals surface area contributed by atoms with Crippen molar-refractivity contribution in [1.29, 1.82) is 0 Å². The van der Waals surface area contributed by atoms with Crippen LogP contribution in [0.15, 0.2) is 24.3 Å². The highest BCUT2D eigenvalue weighted by Gasteiger charge is 2.20. The van der Waals surface area contributed by atoms with Crippen molar-refractivity contribution in [1.82, 2.24) is 10.6 Å². The van der Waals surface area contributed by atoms with Crippen molar-refractivity contribution in [3.05, 3.63) is 35.4 Å². The first-order chi connectivity index (χ1) is 9.96. The molecular weight excluding hydrogens is 264 g/mol. The number of carbonyl (C=O) groups excluding carboxylic acids is 1. The van der Waals surface area contributed by atoms with Crippen LogP contribution in [-0.4, -0.2) is 24.8 Å². The van der Waals surface area contributed by atoms with Crippen LogP contribution in [0.3, 0.4) is 0 Å². The van der Waals surface area contributed by atoms with Gasteiger partial charge >= 0.3 is 6.09 Å². The second-order valence-corrected chi connectivity index (χ2v) is 6.53. The van der Waals surface area contributed by atoms with Gasteiger partial charge in [-0.1, -0.05) is 24.3 Å². The van der Waals surface area contributed by atoms with Crippen LogP contribution in [0.5, 0.6) is 0 Å². The van der Waals surface area contributed by atoms with E-state index in [1.807, 2.05) is 20.8 Å². The minimum absolute atomic E-state index is 0.339. The molecule has 0 aliphatic heterocycles. The number of amides is 1. The molecule has 0 bridgehead atoms. The number of rotatable bonds is 5. The van der Waals surface area contributed by atoms with Gasteiger partial charge in [-0.25, -0.2) is 4.79 Å². The molecule has 1 aliphatic rings. The predicted octanol–water partition coefficient (Wildman–Crippen LogP) is 3.18. The van der Waals surface area contributed by atoms with Crippen LogP contribution in [0.2, 0.25) is 0 Å². The summed E-state index contributed by atoms with van der Waals surface area (Å²) >= 11 is 0. The molecule has 0 radical (unpaired) electrons. The molecule has 4 heteroatoms. The number of hydrogen-bond donors (Lipinski definition) is 2. The van der Waals surface area contributed by atoms with Crippen LogP contribution in [0, 0.1) is 0 Å². The van der Waals surface area contributed by atoms with Gasteiger partial charge in [0.15, 0.2) is 0 Å². The smallest absolute Gasteiger partial charge is 0.407 e. The molecule has 21 heavy (non-hydrogen) atoms. The Morgan fingerprint density at radius 3 is 2.81 bits per heavy atom. The van der Waals surface area contributed by atoms with Gasteiger partial charge in [0.05, 0.1) is 0 Å². The SMILES string of the molecule is CC(C)(C)OC(=O)NCCCNC1CCc2ccccc21. The molecule has 116 valence electrons. The van der Waals surface area contributed by atoms with Crippen LogP contribution in [0.25, 0.3) is 0 Å². The number of hydrogen-bond acceptors (Lipinski definition) is 3. The van der Waals surface area contributed by atoms with Crippen molar-refractivity contribution in [3.8, 4) is 0 Å². The molecule has 1 aromatic carbocycles. The zero-order chi connectivity index (χ0) is 15.3. The number of benzene rings is 1. The molecule has 0 saturated carbocycles. The fraction of sp³-hybridized carbons (Fsp3) is 0.588. The maximum absolute atomic E-state index is 11.5. The van der Waals surface area contributed by atoms with Crippen molar-refractivity contribution >= 4 is 6.09 Å². The maximum Gasteiger partial charge on any atom is 0.407 e. The first-order valence-electron chi connectivity index (χ1n) is 7.74. The quantitative estimate of drug-likeness (QED) is 0.819. The minimum Gasteiger partial charge on any atom is -0.444 e. The molecule has 0 aromatic heterocycles. The van der Waals surface area contributed by atoms with E-state index in [9.17, 15) is 4.79 Å². The molecule has 1 aliphatic carbocycles. The summed E-state index contributed by atoms with van der Waals surface area (Å²) in [5.74, 6) is 0. The number of ether oxygens (including phenoxy) is 1. The standard InChI is InChI=1S/C17H26N2O2/c1-17(2,3)21-16(20)19-12-6-11-18-15-10-9-13-7-4-5-8-14(13)15/h4-5,7-8,15,18H,6,9-12H2,1-3H3,(H,19,20). The van der Waals surface area contributed by atoms with Crippen LogP contribution in [0.1, 0.15) is 50.8 Å². The van der Waals surface area contributed by atoms with Crippen molar-refractivity contribution in [3.63, 3.8) is 0 Å². The van der Waals surface area contributed by atoms with E-state index in [-0.39, 0.29) is 6.09 Å². The Bertz CT molecular complexity index is 480. The summed E-state index contributed by atoms with van der Waals surface area (Å²) in [6.45, 7) is 7.13. The van der Waals surface area contributed by atoms with Crippen LogP contribution in [0.4, 0.5) is 4.79 Å². The second kappa shape index (κ2) is 6.94. The lowest BCUT2D eigenvalue weighted by molar-refractivity contribution is 0.0527. The molecule has 2 rings (SSSR count). The lowest BCUT2D eigenvalue weighted by atomic mass is 10.1. The molecule has 1 aromatic rings. The summed E-state index contributed by atoms with van der Waals surface area (Å²) in [5, 5.41) is 6.35. The van der Waals surface area contributed by atoms with E-state index in [1.165, 1.54) is 17.5 Å². The zero-order valence-electron chi connectivity index (χ0n) is 13.2. The van der Waals surface area contributed by atoms with E-state index < -0.39 is 5.60 Å². The molecule has 0 fully saturated rings. The van der Waals surface area contributed by atoms with Crippen LogP contribution < -0.4 is 10.6 Å². The first-order valence-corrected chi connectivity index (χ1v) is 7.74. The van der Waals surface area contributed by atoms with Gasteiger partial charge in [0.2, 0.25) is 0 Å². The monoisotopic (exact) mass is 290 g/mol. The molecule has 1 amide bonds. The molecule has 4 nitrogen and oxygen atoms in total. The Kier molecular flexibility index (Phi) is 5.23. The van der Waals surface area contributed by atoms with Crippen LogP contribution in [-0.2, 0) is 11.2 Å². The van der Waals surface area contributed by atoms with Crippen molar-refractivity contribution in [2.24, 2.45) is 0 Å². The Morgan fingerprint density at radius 2 is 2.05 bits per heavy atom. The third-order valence-corrected chi connectivity index (χ3v) is 3.55. The highest BCUT2D eigenvalue weighted by atomic mass is 16.6. The molecule has 0 spiro atoms. The summed E-state index contributed by atoms with van der Waals surface area (Å²) in [5.41, 5.74) is 2.45. The molecular formula is C17H26N2O2. The highest BCUT2D eigenvalue weighted by molar-refractivity contribution is 5.67. The van der Waals surface area contributed by atoms with Crippen molar-refractivity contribution < 1.29 is 9.53 Å². The lowest BCUT2D eigenvalue weighted by Crippen LogP contribution is -2.34. The number of nitrogens with one attached hydrogen (secondary N) is 2. The van der Waals surface area contributed by atoms with E-state index >= 15 is 0 Å². The largest absolute Gasteiger partial charge is 0.444 e. The summed E-state index contributed by atoms with van der Waals surface area (Å²) < 4.78 is 5.19. The van der Waals surface area contributed by atoms with E-state index in [0.29, 0.717) is 12.6 Å². The molecule has 0 heterocycles. The highest BCUT2D eigenvalue weighted by Crippen LogP contribution is 2.30. The molecule has 1 atom stereocenters. The fourth-order valence-electron chi connectivity index (χ4n) is 2.64. The van der Waals surface area contributed by atoms with Gasteiger partial charge in [0.1, 0.15) is 5.60 Å². The van der Waals surface area contributed by atoms with E-state index in [4.69, 9.17) is 4.74 Å². The van der Waals surface area contributed by atoms with Gasteiger partial charge in [0.25, 0.3) is 0 Å². The van der Waals surface area contributed by atoms with Gasteiger partial charge in [-0.15, -0.1) is 0 Å². The zero-order valence-corrected chi connectivity index (χ0v) is 13.2. The third-order valence-electron chi connectivity index (χ3n) is 3.55. The van der Waals surface area contributed by atoms with Gasteiger partial charge in [-0.2, -0.15) is 0 Å². The summed E-state index contributed by atoms with van der Waals surface area (Å²) in [7, 11) is 0. The van der Waals surface area contributed by atoms with E-state index in [1.54, 1.807) is 0 Å². The van der Waals surface area contributed by atoms with Gasteiger partial charge in [-0.3, -0.25) is 0 Å². The summed E-state index contributed by atoms with van der Waals surface area (Å²) in [4.78, 5) is 11.5. The van der Waals surface area contributed by atoms with Crippen molar-refractivity contribution in [2.45, 2.75) is 51.7 Å².